The Labute approximate surface area is 236 Å². The van der Waals surface area contributed by atoms with Crippen LogP contribution in [0.4, 0.5) is 39.5 Å². The van der Waals surface area contributed by atoms with E-state index < -0.39 is 64.0 Å². The van der Waals surface area contributed by atoms with E-state index in [2.05, 4.69) is 11.7 Å². The lowest BCUT2D eigenvalue weighted by molar-refractivity contribution is -0.432. The van der Waals surface area contributed by atoms with Crippen LogP contribution in [-0.2, 0) is 25.1 Å². The highest BCUT2D eigenvalue weighted by Gasteiger charge is 2.62. The van der Waals surface area contributed by atoms with Gasteiger partial charge in [-0.05, 0) is 73.4 Å². The van der Waals surface area contributed by atoms with Gasteiger partial charge in [-0.15, -0.1) is 13.2 Å². The number of rotatable bonds is 9. The van der Waals surface area contributed by atoms with Crippen molar-refractivity contribution in [1.29, 1.82) is 0 Å². The number of fused-ring (bicyclic) bond motifs is 2. The predicted octanol–water partition coefficient (Wildman–Crippen LogP) is 8.82. The first-order valence-corrected chi connectivity index (χ1v) is 13.8. The van der Waals surface area contributed by atoms with Crippen molar-refractivity contribution in [2.45, 2.75) is 88.3 Å². The molecule has 2 aromatic carbocycles. The largest absolute Gasteiger partial charge is 0.527 e. The molecule has 1 aliphatic carbocycles. The van der Waals surface area contributed by atoms with Crippen molar-refractivity contribution in [2.24, 2.45) is 5.92 Å². The molecule has 0 amide bonds. The Morgan fingerprint density at radius 1 is 0.810 bits per heavy atom. The summed E-state index contributed by atoms with van der Waals surface area (Å²) in [6, 6.07) is 2.26. The smallest absolute Gasteiger partial charge is 0.324 e. The fourth-order valence-corrected chi connectivity index (χ4v) is 6.26. The third-order valence-electron chi connectivity index (χ3n) is 8.30. The van der Waals surface area contributed by atoms with Gasteiger partial charge in [0.15, 0.2) is 0 Å². The van der Waals surface area contributed by atoms with E-state index in [1.165, 1.54) is 0 Å². The SMILES string of the molecule is CCCCCC12COC(C3CCC(c4cc(F)c(-c5cc(F)c(C(F)(F)OC(F)(F)F)c(F)c5)c(F)c4)CC3)(OC1)O2. The molecule has 13 heteroatoms. The van der Waals surface area contributed by atoms with Gasteiger partial charge in [0.2, 0.25) is 0 Å². The number of ether oxygens (including phenoxy) is 4. The molecule has 2 saturated heterocycles. The Bertz CT molecular complexity index is 1250. The molecule has 1 saturated carbocycles. The molecule has 0 aromatic heterocycles. The second-order valence-corrected chi connectivity index (χ2v) is 11.2. The lowest BCUT2D eigenvalue weighted by atomic mass is 9.77. The van der Waals surface area contributed by atoms with Crippen molar-refractivity contribution in [1.82, 2.24) is 0 Å². The Hall–Kier alpha value is -2.35. The van der Waals surface area contributed by atoms with Crippen LogP contribution in [0.5, 0.6) is 0 Å². The normalized spacial score (nSPS) is 28.0. The molecule has 0 unspecified atom stereocenters. The first kappa shape index (κ1) is 31.1. The summed E-state index contributed by atoms with van der Waals surface area (Å²) in [6.07, 6.45) is -5.10. The molecular formula is C29H29F9O4. The van der Waals surface area contributed by atoms with Crippen molar-refractivity contribution in [3.05, 3.63) is 58.7 Å². The van der Waals surface area contributed by atoms with Crippen molar-refractivity contribution < 1.29 is 58.5 Å². The monoisotopic (exact) mass is 612 g/mol. The average Bonchev–Trinajstić information content (AvgIpc) is 3.44. The minimum Gasteiger partial charge on any atom is -0.324 e. The quantitative estimate of drug-likeness (QED) is 0.210. The standard InChI is InChI=1S/C29H29F9O4/c1-2-3-4-9-26-14-39-28(41-26,40-15-26)19-7-5-16(6-8-19)17-10-20(30)24(21(31)11-17)18-12-22(32)25(23(33)13-18)27(34,35)42-29(36,37)38/h10-13,16,19H,2-9,14-15H2,1H3. The zero-order chi connectivity index (χ0) is 30.5. The van der Waals surface area contributed by atoms with Crippen LogP contribution in [0, 0.1) is 29.2 Å². The molecule has 0 N–H and O–H groups in total. The van der Waals surface area contributed by atoms with Crippen LogP contribution >= 0.6 is 0 Å². The molecule has 2 aromatic rings. The summed E-state index contributed by atoms with van der Waals surface area (Å²) in [6.45, 7) is 3.01. The lowest BCUT2D eigenvalue weighted by Crippen LogP contribution is -2.42. The summed E-state index contributed by atoms with van der Waals surface area (Å²) in [5, 5.41) is 0. The highest BCUT2D eigenvalue weighted by Crippen LogP contribution is 2.52. The van der Waals surface area contributed by atoms with Gasteiger partial charge >= 0.3 is 12.5 Å². The highest BCUT2D eigenvalue weighted by molar-refractivity contribution is 5.66. The van der Waals surface area contributed by atoms with Gasteiger partial charge in [-0.1, -0.05) is 26.2 Å². The lowest BCUT2D eigenvalue weighted by Gasteiger charge is -2.37. The number of hydrogen-bond donors (Lipinski definition) is 0. The number of benzene rings is 2. The molecular weight excluding hydrogens is 583 g/mol. The molecule has 42 heavy (non-hydrogen) atoms. The van der Waals surface area contributed by atoms with E-state index >= 15 is 8.78 Å². The van der Waals surface area contributed by atoms with Crippen LogP contribution in [0.1, 0.15) is 75.3 Å². The van der Waals surface area contributed by atoms with E-state index in [1.54, 1.807) is 0 Å². The topological polar surface area (TPSA) is 36.9 Å². The number of halogens is 9. The Morgan fingerprint density at radius 2 is 1.38 bits per heavy atom. The molecule has 2 heterocycles. The predicted molar refractivity (Wildman–Crippen MR) is 130 cm³/mol. The van der Waals surface area contributed by atoms with Crippen molar-refractivity contribution in [3.63, 3.8) is 0 Å². The van der Waals surface area contributed by atoms with E-state index in [-0.39, 0.29) is 24.0 Å². The van der Waals surface area contributed by atoms with Crippen LogP contribution in [0.2, 0.25) is 0 Å². The summed E-state index contributed by atoms with van der Waals surface area (Å²) >= 11 is 0. The first-order valence-electron chi connectivity index (χ1n) is 13.8. The summed E-state index contributed by atoms with van der Waals surface area (Å²) in [5.41, 5.74) is -4.22. The van der Waals surface area contributed by atoms with Crippen LogP contribution in [0.3, 0.4) is 0 Å². The second-order valence-electron chi connectivity index (χ2n) is 11.2. The van der Waals surface area contributed by atoms with Crippen molar-refractivity contribution in [2.75, 3.05) is 13.2 Å². The molecule has 2 bridgehead atoms. The molecule has 2 aliphatic heterocycles. The maximum atomic E-state index is 15.1. The fourth-order valence-electron chi connectivity index (χ4n) is 6.26. The van der Waals surface area contributed by atoms with Crippen LogP contribution in [0.15, 0.2) is 24.3 Å². The fraction of sp³-hybridized carbons (Fsp3) is 0.586. The molecule has 232 valence electrons. The minimum absolute atomic E-state index is 0.0813. The van der Waals surface area contributed by atoms with Crippen LogP contribution < -0.4 is 0 Å². The van der Waals surface area contributed by atoms with Gasteiger partial charge in [-0.2, -0.15) is 8.78 Å². The number of hydrogen-bond acceptors (Lipinski definition) is 4. The Balaban J connectivity index is 1.29. The average molecular weight is 613 g/mol. The molecule has 0 radical (unpaired) electrons. The molecule has 3 aliphatic rings. The van der Waals surface area contributed by atoms with E-state index in [9.17, 15) is 30.7 Å². The number of alkyl halides is 5. The minimum atomic E-state index is -5.91. The summed E-state index contributed by atoms with van der Waals surface area (Å²) in [7, 11) is 0. The molecule has 5 rings (SSSR count). The van der Waals surface area contributed by atoms with Crippen LogP contribution in [0.25, 0.3) is 11.1 Å². The van der Waals surface area contributed by atoms with Gasteiger partial charge in [0.1, 0.15) is 34.4 Å². The van der Waals surface area contributed by atoms with Gasteiger partial charge in [-0.3, -0.25) is 0 Å². The van der Waals surface area contributed by atoms with E-state index in [0.717, 1.165) is 37.8 Å². The van der Waals surface area contributed by atoms with Crippen molar-refractivity contribution >= 4 is 0 Å². The van der Waals surface area contributed by atoms with Crippen molar-refractivity contribution in [3.8, 4) is 11.1 Å². The Morgan fingerprint density at radius 3 is 1.90 bits per heavy atom. The summed E-state index contributed by atoms with van der Waals surface area (Å²) in [5.74, 6) is -8.23. The molecule has 0 atom stereocenters. The zero-order valence-corrected chi connectivity index (χ0v) is 22.6. The summed E-state index contributed by atoms with van der Waals surface area (Å²) < 4.78 is 144. The summed E-state index contributed by atoms with van der Waals surface area (Å²) in [4.78, 5) is 0. The van der Waals surface area contributed by atoms with Gasteiger partial charge in [-0.25, -0.2) is 22.3 Å². The zero-order valence-electron chi connectivity index (χ0n) is 22.6. The maximum absolute atomic E-state index is 15.1. The van der Waals surface area contributed by atoms with Gasteiger partial charge in [0.25, 0.3) is 5.97 Å². The Kier molecular flexibility index (Phi) is 8.36. The van der Waals surface area contributed by atoms with E-state index in [4.69, 9.17) is 14.2 Å². The third-order valence-corrected chi connectivity index (χ3v) is 8.30. The van der Waals surface area contributed by atoms with Crippen LogP contribution in [-0.4, -0.2) is 31.2 Å². The highest BCUT2D eigenvalue weighted by atomic mass is 19.4. The van der Waals surface area contributed by atoms with Gasteiger partial charge in [0.05, 0.1) is 18.8 Å². The third kappa shape index (κ3) is 6.02. The first-order chi connectivity index (χ1) is 19.7. The number of unbranched alkanes of at least 4 members (excludes halogenated alkanes) is 2. The molecule has 4 nitrogen and oxygen atoms in total. The molecule has 3 fully saturated rings. The maximum Gasteiger partial charge on any atom is 0.527 e. The van der Waals surface area contributed by atoms with E-state index in [1.807, 2.05) is 0 Å². The van der Waals surface area contributed by atoms with E-state index in [0.29, 0.717) is 44.5 Å². The van der Waals surface area contributed by atoms with Gasteiger partial charge < -0.3 is 14.2 Å². The second kappa shape index (κ2) is 11.3. The van der Waals surface area contributed by atoms with Gasteiger partial charge in [0, 0.05) is 5.92 Å². The molecule has 0 spiro atoms.